The Morgan fingerprint density at radius 2 is 2.29 bits per heavy atom. The average molecular weight is 196 g/mol. The van der Waals surface area contributed by atoms with Gasteiger partial charge in [-0.1, -0.05) is 0 Å². The Hall–Kier alpha value is -1.13. The lowest BCUT2D eigenvalue weighted by Crippen LogP contribution is -2.35. The van der Waals surface area contributed by atoms with Gasteiger partial charge in [0.2, 0.25) is 0 Å². The van der Waals surface area contributed by atoms with Crippen molar-refractivity contribution >= 4 is 0 Å². The standard InChI is InChI=1S/C10H16N2O2/c1-10(2,14)7-12-6-8-5-11-4-3-9(8)13/h3-5,12,14H,6-7H2,1-2H3,(H,11,13). The van der Waals surface area contributed by atoms with E-state index in [4.69, 9.17) is 0 Å². The summed E-state index contributed by atoms with van der Waals surface area (Å²) < 4.78 is 0. The van der Waals surface area contributed by atoms with Crippen molar-refractivity contribution in [1.29, 1.82) is 0 Å². The van der Waals surface area contributed by atoms with E-state index in [-0.39, 0.29) is 5.43 Å². The average Bonchev–Trinajstić information content (AvgIpc) is 2.06. The highest BCUT2D eigenvalue weighted by molar-refractivity contribution is 5.08. The van der Waals surface area contributed by atoms with Gasteiger partial charge in [-0.05, 0) is 13.8 Å². The zero-order valence-electron chi connectivity index (χ0n) is 8.50. The summed E-state index contributed by atoms with van der Waals surface area (Å²) in [5.74, 6) is 0. The van der Waals surface area contributed by atoms with Gasteiger partial charge in [0, 0.05) is 37.1 Å². The van der Waals surface area contributed by atoms with E-state index in [2.05, 4.69) is 10.3 Å². The zero-order chi connectivity index (χ0) is 10.6. The topological polar surface area (TPSA) is 65.1 Å². The smallest absolute Gasteiger partial charge is 0.186 e. The molecule has 0 aliphatic rings. The number of hydrogen-bond donors (Lipinski definition) is 3. The zero-order valence-corrected chi connectivity index (χ0v) is 8.50. The molecule has 4 nitrogen and oxygen atoms in total. The van der Waals surface area contributed by atoms with Crippen LogP contribution in [0, 0.1) is 0 Å². The lowest BCUT2D eigenvalue weighted by atomic mass is 10.1. The predicted molar refractivity (Wildman–Crippen MR) is 55.1 cm³/mol. The van der Waals surface area contributed by atoms with Crippen LogP contribution >= 0.6 is 0 Å². The van der Waals surface area contributed by atoms with Gasteiger partial charge in [-0.3, -0.25) is 4.79 Å². The van der Waals surface area contributed by atoms with Crippen molar-refractivity contribution in [3.8, 4) is 0 Å². The minimum atomic E-state index is -0.748. The minimum Gasteiger partial charge on any atom is -0.389 e. The number of aromatic amines is 1. The molecule has 0 aliphatic heterocycles. The maximum absolute atomic E-state index is 11.3. The molecule has 0 unspecified atom stereocenters. The van der Waals surface area contributed by atoms with Gasteiger partial charge >= 0.3 is 0 Å². The van der Waals surface area contributed by atoms with Crippen LogP contribution in [0.15, 0.2) is 23.3 Å². The third-order valence-corrected chi connectivity index (χ3v) is 1.78. The molecule has 0 atom stereocenters. The molecular formula is C10H16N2O2. The molecule has 0 fully saturated rings. The lowest BCUT2D eigenvalue weighted by molar-refractivity contribution is 0.0795. The summed E-state index contributed by atoms with van der Waals surface area (Å²) >= 11 is 0. The van der Waals surface area contributed by atoms with Crippen LogP contribution in [0.25, 0.3) is 0 Å². The van der Waals surface area contributed by atoms with Crippen LogP contribution in [0.3, 0.4) is 0 Å². The number of rotatable bonds is 4. The summed E-state index contributed by atoms with van der Waals surface area (Å²) in [6.07, 6.45) is 3.27. The van der Waals surface area contributed by atoms with Gasteiger partial charge in [0.25, 0.3) is 0 Å². The van der Waals surface area contributed by atoms with Crippen LogP contribution < -0.4 is 10.7 Å². The van der Waals surface area contributed by atoms with Gasteiger partial charge in [-0.15, -0.1) is 0 Å². The number of hydrogen-bond acceptors (Lipinski definition) is 3. The fourth-order valence-corrected chi connectivity index (χ4v) is 1.09. The Morgan fingerprint density at radius 3 is 2.86 bits per heavy atom. The Balaban J connectivity index is 2.47. The van der Waals surface area contributed by atoms with E-state index in [1.54, 1.807) is 26.2 Å². The van der Waals surface area contributed by atoms with Gasteiger partial charge in [-0.2, -0.15) is 0 Å². The van der Waals surface area contributed by atoms with Crippen LogP contribution in [0.1, 0.15) is 19.4 Å². The molecular weight excluding hydrogens is 180 g/mol. The summed E-state index contributed by atoms with van der Waals surface area (Å²) in [4.78, 5) is 14.1. The first-order valence-corrected chi connectivity index (χ1v) is 4.58. The molecule has 0 aliphatic carbocycles. The largest absolute Gasteiger partial charge is 0.389 e. The number of aliphatic hydroxyl groups is 1. The van der Waals surface area contributed by atoms with Crippen molar-refractivity contribution in [3.05, 3.63) is 34.2 Å². The molecule has 0 radical (unpaired) electrons. The molecule has 1 aromatic rings. The van der Waals surface area contributed by atoms with Gasteiger partial charge < -0.3 is 15.4 Å². The van der Waals surface area contributed by atoms with Crippen LogP contribution in [-0.4, -0.2) is 22.2 Å². The van der Waals surface area contributed by atoms with E-state index < -0.39 is 5.60 Å². The van der Waals surface area contributed by atoms with Crippen molar-refractivity contribution < 1.29 is 5.11 Å². The van der Waals surface area contributed by atoms with E-state index in [0.717, 1.165) is 0 Å². The Kier molecular flexibility index (Phi) is 3.43. The predicted octanol–water partition coefficient (Wildman–Crippen LogP) is 0.235. The molecule has 1 aromatic heterocycles. The maximum atomic E-state index is 11.3. The minimum absolute atomic E-state index is 0.00648. The molecule has 0 bridgehead atoms. The second-order valence-corrected chi connectivity index (χ2v) is 3.95. The third-order valence-electron chi connectivity index (χ3n) is 1.78. The summed E-state index contributed by atoms with van der Waals surface area (Å²) in [6, 6.07) is 1.49. The maximum Gasteiger partial charge on any atom is 0.186 e. The molecule has 0 saturated carbocycles. The molecule has 3 N–H and O–H groups in total. The number of H-pyrrole nitrogens is 1. The number of nitrogens with one attached hydrogen (secondary N) is 2. The van der Waals surface area contributed by atoms with Gasteiger partial charge in [0.1, 0.15) is 0 Å². The van der Waals surface area contributed by atoms with E-state index in [1.165, 1.54) is 6.07 Å². The third kappa shape index (κ3) is 3.72. The van der Waals surface area contributed by atoms with Gasteiger partial charge in [0.15, 0.2) is 5.43 Å². The van der Waals surface area contributed by atoms with Gasteiger partial charge in [0.05, 0.1) is 5.60 Å². The Bertz CT molecular complexity index is 338. The molecule has 14 heavy (non-hydrogen) atoms. The highest BCUT2D eigenvalue weighted by Crippen LogP contribution is 1.97. The summed E-state index contributed by atoms with van der Waals surface area (Å²) in [6.45, 7) is 4.37. The monoisotopic (exact) mass is 196 g/mol. The second kappa shape index (κ2) is 4.39. The van der Waals surface area contributed by atoms with Crippen molar-refractivity contribution in [2.75, 3.05) is 6.54 Å². The molecule has 0 spiro atoms. The number of aromatic nitrogens is 1. The first-order chi connectivity index (χ1) is 6.49. The molecule has 0 amide bonds. The summed E-state index contributed by atoms with van der Waals surface area (Å²) in [5, 5.41) is 12.4. The molecule has 0 saturated heterocycles. The number of pyridine rings is 1. The second-order valence-electron chi connectivity index (χ2n) is 3.95. The van der Waals surface area contributed by atoms with E-state index in [9.17, 15) is 9.90 Å². The van der Waals surface area contributed by atoms with Crippen molar-refractivity contribution in [2.45, 2.75) is 26.0 Å². The SMILES string of the molecule is CC(C)(O)CNCc1c[nH]ccc1=O. The highest BCUT2D eigenvalue weighted by atomic mass is 16.3. The van der Waals surface area contributed by atoms with E-state index in [1.807, 2.05) is 0 Å². The van der Waals surface area contributed by atoms with E-state index in [0.29, 0.717) is 18.7 Å². The van der Waals surface area contributed by atoms with Crippen molar-refractivity contribution in [2.24, 2.45) is 0 Å². The summed E-state index contributed by atoms with van der Waals surface area (Å²) in [7, 11) is 0. The molecule has 4 heteroatoms. The van der Waals surface area contributed by atoms with Crippen LogP contribution in [0.4, 0.5) is 0 Å². The normalized spacial score (nSPS) is 11.6. The first-order valence-electron chi connectivity index (χ1n) is 4.58. The molecule has 1 heterocycles. The fraction of sp³-hybridized carbons (Fsp3) is 0.500. The van der Waals surface area contributed by atoms with Crippen molar-refractivity contribution in [1.82, 2.24) is 10.3 Å². The molecule has 1 rings (SSSR count). The molecule has 78 valence electrons. The van der Waals surface area contributed by atoms with Gasteiger partial charge in [-0.25, -0.2) is 0 Å². The van der Waals surface area contributed by atoms with Crippen molar-refractivity contribution in [3.63, 3.8) is 0 Å². The fourth-order valence-electron chi connectivity index (χ4n) is 1.09. The summed E-state index contributed by atoms with van der Waals surface area (Å²) in [5.41, 5.74) is -0.0644. The van der Waals surface area contributed by atoms with Crippen LogP contribution in [0.2, 0.25) is 0 Å². The van der Waals surface area contributed by atoms with Crippen LogP contribution in [0.5, 0.6) is 0 Å². The Labute approximate surface area is 83.0 Å². The first kappa shape index (κ1) is 10.9. The quantitative estimate of drug-likeness (QED) is 0.646. The lowest BCUT2D eigenvalue weighted by Gasteiger charge is -2.17. The molecule has 0 aromatic carbocycles. The Morgan fingerprint density at radius 1 is 1.57 bits per heavy atom. The van der Waals surface area contributed by atoms with Crippen LogP contribution in [-0.2, 0) is 6.54 Å². The highest BCUT2D eigenvalue weighted by Gasteiger charge is 2.11. The van der Waals surface area contributed by atoms with E-state index >= 15 is 0 Å².